The molecule has 8 heteroatoms. The van der Waals surface area contributed by atoms with E-state index in [1.165, 1.54) is 22.3 Å². The topological polar surface area (TPSA) is 102 Å². The predicted octanol–water partition coefficient (Wildman–Crippen LogP) is 23.6. The number of H-pyrrole nitrogens is 2. The zero-order chi connectivity index (χ0) is 65.9. The van der Waals surface area contributed by atoms with Gasteiger partial charge in [0.1, 0.15) is 11.5 Å². The van der Waals surface area contributed by atoms with Crippen molar-refractivity contribution in [3.8, 4) is 146 Å². The van der Waals surface area contributed by atoms with E-state index < -0.39 is 0 Å². The number of aromatic amines is 2. The first-order chi connectivity index (χ1) is 46.8. The molecule has 8 bridgehead atoms. The van der Waals surface area contributed by atoms with Crippen LogP contribution in [-0.2, 0) is 0 Å². The number of hydrogen-bond acceptors (Lipinski definition) is 6. The van der Waals surface area contributed by atoms with Gasteiger partial charge < -0.3 is 19.4 Å². The number of ether oxygens (including phenoxy) is 2. The lowest BCUT2D eigenvalue weighted by molar-refractivity contribution is 0.414. The van der Waals surface area contributed by atoms with E-state index in [-0.39, 0.29) is 0 Å². The summed E-state index contributed by atoms with van der Waals surface area (Å²) in [5.41, 5.74) is 32.6. The van der Waals surface area contributed by atoms with Gasteiger partial charge in [-0.15, -0.1) is 0 Å². The summed E-state index contributed by atoms with van der Waals surface area (Å²) in [5, 5.41) is 0. The van der Waals surface area contributed by atoms with E-state index in [9.17, 15) is 0 Å². The number of benzene rings is 8. The number of hydrogen-bond donors (Lipinski definition) is 2. The van der Waals surface area contributed by atoms with Crippen molar-refractivity contribution in [1.29, 1.82) is 0 Å². The molecule has 8 aromatic carbocycles. The Balaban J connectivity index is 1.18. The minimum Gasteiger partial charge on any atom is -0.497 e. The number of rotatable bonds is 14. The summed E-state index contributed by atoms with van der Waals surface area (Å²) in [6, 6.07) is 80.3. The molecule has 2 aliphatic rings. The minimum absolute atomic E-state index is 0.323. The SMILES string of the molecule is COc1ccc(-c2cc3c(cc2-c2ccc(OC)cc2)-c2nc-3c(-c3ccc(C(C)C)cc3)c3ccc([nH]3)c(-c3ccc(C(C)C)cc3)c3nc(c(-c4ccc(C(C)C)cc4)c4ccc([nH]4)c2-c2ccc(C(C)C)cc2)-c2cc(-c4ccncc4)c(-c4ccncc4)cc2-3)cc1. The highest BCUT2D eigenvalue weighted by molar-refractivity contribution is 6.10. The van der Waals surface area contributed by atoms with Crippen LogP contribution in [0.2, 0.25) is 0 Å². The third-order valence-corrected chi connectivity index (χ3v) is 19.4. The van der Waals surface area contributed by atoms with Gasteiger partial charge in [0.25, 0.3) is 0 Å². The third kappa shape index (κ3) is 11.2. The molecule has 0 amide bonds. The smallest absolute Gasteiger partial charge is 0.118 e. The number of nitrogens with one attached hydrogen (secondary N) is 2. The first-order valence-electron chi connectivity index (χ1n) is 33.5. The molecule has 0 saturated carbocycles. The second-order valence-corrected chi connectivity index (χ2v) is 26.6. The highest BCUT2D eigenvalue weighted by Crippen LogP contribution is 2.54. The minimum atomic E-state index is 0.323. The molecule has 13 aromatic rings. The van der Waals surface area contributed by atoms with Gasteiger partial charge in [-0.2, -0.15) is 0 Å². The van der Waals surface area contributed by atoms with E-state index in [4.69, 9.17) is 19.4 Å². The second kappa shape index (κ2) is 25.3. The summed E-state index contributed by atoms with van der Waals surface area (Å²) < 4.78 is 11.6. The van der Waals surface area contributed by atoms with Crippen LogP contribution in [0.5, 0.6) is 11.5 Å². The zero-order valence-corrected chi connectivity index (χ0v) is 56.0. The van der Waals surface area contributed by atoms with Crippen LogP contribution >= 0.6 is 0 Å². The van der Waals surface area contributed by atoms with Crippen LogP contribution in [0.25, 0.3) is 156 Å². The summed E-state index contributed by atoms with van der Waals surface area (Å²) >= 11 is 0. The van der Waals surface area contributed by atoms with Crippen molar-refractivity contribution in [3.05, 3.63) is 265 Å². The fourth-order valence-corrected chi connectivity index (χ4v) is 14.0. The number of nitrogens with zero attached hydrogens (tertiary/aromatic N) is 4. The van der Waals surface area contributed by atoms with Crippen LogP contribution < -0.4 is 9.47 Å². The van der Waals surface area contributed by atoms with Crippen molar-refractivity contribution in [1.82, 2.24) is 29.9 Å². The quantitative estimate of drug-likeness (QED) is 0.112. The van der Waals surface area contributed by atoms with Crippen molar-refractivity contribution in [2.24, 2.45) is 0 Å². The van der Waals surface area contributed by atoms with Crippen molar-refractivity contribution in [2.45, 2.75) is 79.1 Å². The van der Waals surface area contributed by atoms with Crippen molar-refractivity contribution in [2.75, 3.05) is 14.2 Å². The molecule has 96 heavy (non-hydrogen) atoms. The van der Waals surface area contributed by atoms with Gasteiger partial charge in [-0.3, -0.25) is 9.97 Å². The monoisotopic (exact) mass is 1250 g/mol. The Hall–Kier alpha value is -11.2. The first-order valence-corrected chi connectivity index (χ1v) is 33.5. The maximum absolute atomic E-state index is 6.19. The van der Waals surface area contributed by atoms with Crippen LogP contribution in [-0.4, -0.2) is 44.1 Å². The molecule has 0 saturated heterocycles. The van der Waals surface area contributed by atoms with Crippen molar-refractivity contribution in [3.63, 3.8) is 0 Å². The molecule has 0 unspecified atom stereocenters. The lowest BCUT2D eigenvalue weighted by atomic mass is 9.86. The Bertz CT molecular complexity index is 4910. The average Bonchev–Trinajstić information content (AvgIpc) is 1.56. The molecule has 5 aromatic heterocycles. The van der Waals surface area contributed by atoms with Gasteiger partial charge in [0.05, 0.1) is 37.0 Å². The van der Waals surface area contributed by atoms with E-state index in [2.05, 4.69) is 269 Å². The summed E-state index contributed by atoms with van der Waals surface area (Å²) in [6.45, 7) is 18.0. The molecule has 0 atom stereocenters. The van der Waals surface area contributed by atoms with Gasteiger partial charge in [-0.05, 0) is 210 Å². The molecule has 0 radical (unpaired) electrons. The molecular weight excluding hydrogens is 1170 g/mol. The molecule has 8 nitrogen and oxygen atoms in total. The van der Waals surface area contributed by atoms with Gasteiger partial charge in [0.2, 0.25) is 0 Å². The highest BCUT2D eigenvalue weighted by Gasteiger charge is 2.31. The Morgan fingerprint density at radius 2 is 0.469 bits per heavy atom. The summed E-state index contributed by atoms with van der Waals surface area (Å²) in [6.07, 6.45) is 7.51. The summed E-state index contributed by atoms with van der Waals surface area (Å²) in [5.74, 6) is 2.87. The summed E-state index contributed by atoms with van der Waals surface area (Å²) in [7, 11) is 3.43. The maximum atomic E-state index is 6.19. The summed E-state index contributed by atoms with van der Waals surface area (Å²) in [4.78, 5) is 29.8. The van der Waals surface area contributed by atoms with E-state index in [1.54, 1.807) is 14.2 Å². The normalized spacial score (nSPS) is 11.8. The Morgan fingerprint density at radius 3 is 0.688 bits per heavy atom. The molecule has 0 aliphatic carbocycles. The highest BCUT2D eigenvalue weighted by atomic mass is 16.5. The molecule has 7 heterocycles. The fourth-order valence-electron chi connectivity index (χ4n) is 14.0. The van der Waals surface area contributed by atoms with Crippen LogP contribution in [0.1, 0.15) is 101 Å². The molecule has 0 spiro atoms. The van der Waals surface area contributed by atoms with Gasteiger partial charge in [0.15, 0.2) is 0 Å². The van der Waals surface area contributed by atoms with Gasteiger partial charge in [-0.25, -0.2) is 9.97 Å². The molecule has 2 N–H and O–H groups in total. The van der Waals surface area contributed by atoms with Gasteiger partial charge >= 0.3 is 0 Å². The van der Waals surface area contributed by atoms with Crippen LogP contribution in [0.3, 0.4) is 0 Å². The molecular formula is C88H76N6O2. The van der Waals surface area contributed by atoms with Gasteiger partial charge in [-0.1, -0.05) is 177 Å². The number of methoxy groups -OCH3 is 2. The number of aromatic nitrogens is 6. The second-order valence-electron chi connectivity index (χ2n) is 26.6. The Labute approximate surface area is 562 Å². The first kappa shape index (κ1) is 61.0. The molecule has 0 fully saturated rings. The third-order valence-electron chi connectivity index (χ3n) is 19.4. The van der Waals surface area contributed by atoms with Crippen molar-refractivity contribution < 1.29 is 9.47 Å². The van der Waals surface area contributed by atoms with Crippen LogP contribution in [0, 0.1) is 0 Å². The molecule has 15 rings (SSSR count). The van der Waals surface area contributed by atoms with E-state index in [0.717, 1.165) is 168 Å². The Kier molecular flexibility index (Phi) is 16.0. The largest absolute Gasteiger partial charge is 0.497 e. The Morgan fingerprint density at radius 1 is 0.250 bits per heavy atom. The molecule has 2 aliphatic heterocycles. The maximum Gasteiger partial charge on any atom is 0.118 e. The van der Waals surface area contributed by atoms with E-state index in [1.807, 2.05) is 49.1 Å². The van der Waals surface area contributed by atoms with E-state index >= 15 is 0 Å². The van der Waals surface area contributed by atoms with Crippen LogP contribution in [0.15, 0.2) is 243 Å². The van der Waals surface area contributed by atoms with E-state index in [0.29, 0.717) is 23.7 Å². The zero-order valence-electron chi connectivity index (χ0n) is 56.0. The average molecular weight is 1250 g/mol. The predicted molar refractivity (Wildman–Crippen MR) is 398 cm³/mol. The number of pyridine rings is 2. The van der Waals surface area contributed by atoms with Crippen molar-refractivity contribution >= 4 is 22.1 Å². The standard InChI is InChI=1S/C88H76N6O2/c1-51(2)55-11-19-63(20-12-55)81-77-35-37-79(91-77)83(65-23-15-57(16-24-65)53(5)6)87-75-49-71(61-39-43-89-44-40-61)72(62-41-45-90-46-42-62)50-76(75)88(94-87)84(66-25-17-58(18-26-66)54(7)8)80-38-36-78(92-80)82(64-21-13-56(14-22-64)52(3)4)86-74-48-70(60-29-33-68(96-10)34-30-60)69(47-73(74)85(81)93-86)59-27-31-67(95-9)32-28-59/h11-54,91-92H,1-10H3. The van der Waals surface area contributed by atoms with Crippen LogP contribution in [0.4, 0.5) is 0 Å². The molecule has 470 valence electrons. The van der Waals surface area contributed by atoms with Gasteiger partial charge in [0, 0.05) is 91.4 Å². The number of fused-ring (bicyclic) bond motifs is 14. The lowest BCUT2D eigenvalue weighted by Crippen LogP contribution is -1.93. The lowest BCUT2D eigenvalue weighted by Gasteiger charge is -2.16. The fraction of sp³-hybridized carbons (Fsp3) is 0.159.